The molecule has 0 aliphatic heterocycles. The summed E-state index contributed by atoms with van der Waals surface area (Å²) in [6.07, 6.45) is 0. The Bertz CT molecular complexity index is 440. The molecule has 1 heterocycles. The minimum atomic E-state index is 0.912. The second kappa shape index (κ2) is 3.58. The lowest BCUT2D eigenvalue weighted by molar-refractivity contribution is 1.07. The lowest BCUT2D eigenvalue weighted by Gasteiger charge is -2.05. The van der Waals surface area contributed by atoms with Gasteiger partial charge in [-0.25, -0.2) is 0 Å². The number of benzene rings is 1. The summed E-state index contributed by atoms with van der Waals surface area (Å²) in [6, 6.07) is 8.26. The molecule has 0 bridgehead atoms. The molecule has 0 saturated heterocycles. The first-order chi connectivity index (χ1) is 6.68. The van der Waals surface area contributed by atoms with Gasteiger partial charge in [0.1, 0.15) is 4.60 Å². The number of aryl methyl sites for hydroxylation is 2. The number of aromatic nitrogens is 2. The predicted octanol–water partition coefficient (Wildman–Crippen LogP) is 3.46. The SMILES string of the molecule is Cc1cccc(C)c1-c1cc(Br)[nH]n1. The summed E-state index contributed by atoms with van der Waals surface area (Å²) in [5, 5.41) is 7.12. The summed E-state index contributed by atoms with van der Waals surface area (Å²) < 4.78 is 0.912. The highest BCUT2D eigenvalue weighted by atomic mass is 79.9. The van der Waals surface area contributed by atoms with Gasteiger partial charge in [-0.1, -0.05) is 18.2 Å². The van der Waals surface area contributed by atoms with Gasteiger partial charge < -0.3 is 0 Å². The van der Waals surface area contributed by atoms with Gasteiger partial charge in [0.2, 0.25) is 0 Å². The molecule has 1 N–H and O–H groups in total. The number of H-pyrrole nitrogens is 1. The largest absolute Gasteiger partial charge is 0.271 e. The summed E-state index contributed by atoms with van der Waals surface area (Å²) in [5.74, 6) is 0. The predicted molar refractivity (Wildman–Crippen MR) is 61.2 cm³/mol. The third-order valence-corrected chi connectivity index (χ3v) is 2.69. The van der Waals surface area contributed by atoms with Crippen LogP contribution in [-0.2, 0) is 0 Å². The van der Waals surface area contributed by atoms with Crippen LogP contribution in [0.5, 0.6) is 0 Å². The summed E-state index contributed by atoms with van der Waals surface area (Å²) in [5.41, 5.74) is 4.72. The number of aromatic amines is 1. The van der Waals surface area contributed by atoms with Crippen LogP contribution in [0.1, 0.15) is 11.1 Å². The Kier molecular flexibility index (Phi) is 2.42. The monoisotopic (exact) mass is 250 g/mol. The van der Waals surface area contributed by atoms with Crippen molar-refractivity contribution in [3.63, 3.8) is 0 Å². The van der Waals surface area contributed by atoms with E-state index in [2.05, 4.69) is 58.2 Å². The van der Waals surface area contributed by atoms with E-state index < -0.39 is 0 Å². The second-order valence-corrected chi connectivity index (χ2v) is 4.22. The molecule has 2 nitrogen and oxygen atoms in total. The Balaban J connectivity index is 2.61. The summed E-state index contributed by atoms with van der Waals surface area (Å²) >= 11 is 3.36. The van der Waals surface area contributed by atoms with Crippen molar-refractivity contribution in [2.45, 2.75) is 13.8 Å². The molecule has 0 unspecified atom stereocenters. The highest BCUT2D eigenvalue weighted by Crippen LogP contribution is 2.26. The number of halogens is 1. The number of hydrogen-bond acceptors (Lipinski definition) is 1. The molecule has 2 aromatic rings. The fraction of sp³-hybridized carbons (Fsp3) is 0.182. The molecule has 1 aromatic heterocycles. The number of nitrogens with zero attached hydrogens (tertiary/aromatic N) is 1. The maximum atomic E-state index is 4.24. The van der Waals surface area contributed by atoms with E-state index in [0.717, 1.165) is 10.3 Å². The second-order valence-electron chi connectivity index (χ2n) is 3.37. The first-order valence-corrected chi connectivity index (χ1v) is 5.25. The normalized spacial score (nSPS) is 10.5. The van der Waals surface area contributed by atoms with Crippen LogP contribution in [0.15, 0.2) is 28.9 Å². The van der Waals surface area contributed by atoms with Gasteiger partial charge in [-0.2, -0.15) is 5.10 Å². The van der Waals surface area contributed by atoms with E-state index in [9.17, 15) is 0 Å². The van der Waals surface area contributed by atoms with Gasteiger partial charge in [-0.15, -0.1) is 0 Å². The van der Waals surface area contributed by atoms with Crippen LogP contribution in [0.3, 0.4) is 0 Å². The van der Waals surface area contributed by atoms with Crippen molar-refractivity contribution in [2.24, 2.45) is 0 Å². The van der Waals surface area contributed by atoms with Gasteiger partial charge in [0.05, 0.1) is 5.69 Å². The molecule has 72 valence electrons. The van der Waals surface area contributed by atoms with E-state index in [1.807, 2.05) is 6.07 Å². The zero-order valence-corrected chi connectivity index (χ0v) is 9.72. The Morgan fingerprint density at radius 1 is 1.21 bits per heavy atom. The molecule has 2 rings (SSSR count). The van der Waals surface area contributed by atoms with Crippen molar-refractivity contribution in [1.29, 1.82) is 0 Å². The lowest BCUT2D eigenvalue weighted by atomic mass is 10.0. The minimum Gasteiger partial charge on any atom is -0.271 e. The molecule has 0 aliphatic carbocycles. The van der Waals surface area contributed by atoms with E-state index in [1.165, 1.54) is 16.7 Å². The quantitative estimate of drug-likeness (QED) is 0.826. The van der Waals surface area contributed by atoms with E-state index >= 15 is 0 Å². The molecule has 3 heteroatoms. The van der Waals surface area contributed by atoms with Crippen LogP contribution in [0.25, 0.3) is 11.3 Å². The average Bonchev–Trinajstić information content (AvgIpc) is 2.51. The molecule has 1 aromatic carbocycles. The van der Waals surface area contributed by atoms with Crippen molar-refractivity contribution in [2.75, 3.05) is 0 Å². The van der Waals surface area contributed by atoms with Crippen molar-refractivity contribution in [3.8, 4) is 11.3 Å². The van der Waals surface area contributed by atoms with E-state index in [1.54, 1.807) is 0 Å². The Hall–Kier alpha value is -1.09. The Morgan fingerprint density at radius 3 is 2.36 bits per heavy atom. The molecule has 0 atom stereocenters. The van der Waals surface area contributed by atoms with Crippen LogP contribution in [0.2, 0.25) is 0 Å². The number of nitrogens with one attached hydrogen (secondary N) is 1. The summed E-state index contributed by atoms with van der Waals surface area (Å²) in [6.45, 7) is 4.20. The zero-order valence-electron chi connectivity index (χ0n) is 8.13. The standard InChI is InChI=1S/C11H11BrN2/c1-7-4-3-5-8(2)11(7)9-6-10(12)14-13-9/h3-6H,1-2H3,(H,13,14). The first-order valence-electron chi connectivity index (χ1n) is 4.46. The highest BCUT2D eigenvalue weighted by molar-refractivity contribution is 9.10. The lowest BCUT2D eigenvalue weighted by Crippen LogP contribution is -1.87. The number of hydrogen-bond donors (Lipinski definition) is 1. The smallest absolute Gasteiger partial charge is 0.101 e. The average molecular weight is 251 g/mol. The van der Waals surface area contributed by atoms with E-state index in [0.29, 0.717) is 0 Å². The van der Waals surface area contributed by atoms with Crippen LogP contribution < -0.4 is 0 Å². The molecule has 14 heavy (non-hydrogen) atoms. The van der Waals surface area contributed by atoms with Crippen LogP contribution in [-0.4, -0.2) is 10.2 Å². The molecule has 0 saturated carbocycles. The van der Waals surface area contributed by atoms with Crippen molar-refractivity contribution in [3.05, 3.63) is 40.0 Å². The maximum Gasteiger partial charge on any atom is 0.101 e. The van der Waals surface area contributed by atoms with Gasteiger partial charge in [0.15, 0.2) is 0 Å². The van der Waals surface area contributed by atoms with E-state index in [-0.39, 0.29) is 0 Å². The van der Waals surface area contributed by atoms with Gasteiger partial charge in [-0.05, 0) is 47.0 Å². The van der Waals surface area contributed by atoms with Crippen LogP contribution in [0.4, 0.5) is 0 Å². The van der Waals surface area contributed by atoms with Gasteiger partial charge >= 0.3 is 0 Å². The van der Waals surface area contributed by atoms with E-state index in [4.69, 9.17) is 0 Å². The fourth-order valence-electron chi connectivity index (χ4n) is 1.64. The van der Waals surface area contributed by atoms with Crippen molar-refractivity contribution < 1.29 is 0 Å². The minimum absolute atomic E-state index is 0.912. The fourth-order valence-corrected chi connectivity index (χ4v) is 1.95. The summed E-state index contributed by atoms with van der Waals surface area (Å²) in [4.78, 5) is 0. The van der Waals surface area contributed by atoms with Crippen molar-refractivity contribution in [1.82, 2.24) is 10.2 Å². The molecule has 0 amide bonds. The van der Waals surface area contributed by atoms with Gasteiger partial charge in [-0.3, -0.25) is 5.10 Å². The third kappa shape index (κ3) is 1.60. The van der Waals surface area contributed by atoms with Crippen LogP contribution >= 0.6 is 15.9 Å². The topological polar surface area (TPSA) is 28.7 Å². The highest BCUT2D eigenvalue weighted by Gasteiger charge is 2.07. The molecular weight excluding hydrogens is 240 g/mol. The van der Waals surface area contributed by atoms with Gasteiger partial charge in [0, 0.05) is 5.56 Å². The summed E-state index contributed by atoms with van der Waals surface area (Å²) in [7, 11) is 0. The first kappa shape index (κ1) is 9.46. The molecular formula is C11H11BrN2. The van der Waals surface area contributed by atoms with Crippen LogP contribution in [0, 0.1) is 13.8 Å². The number of rotatable bonds is 1. The third-order valence-electron chi connectivity index (χ3n) is 2.28. The molecule has 0 aliphatic rings. The van der Waals surface area contributed by atoms with Crippen molar-refractivity contribution >= 4 is 15.9 Å². The molecule has 0 spiro atoms. The zero-order chi connectivity index (χ0) is 10.1. The van der Waals surface area contributed by atoms with Gasteiger partial charge in [0.25, 0.3) is 0 Å². The molecule has 0 radical (unpaired) electrons. The Labute approximate surface area is 91.5 Å². The molecule has 0 fully saturated rings. The Morgan fingerprint density at radius 2 is 1.86 bits per heavy atom. The maximum absolute atomic E-state index is 4.24.